The van der Waals surface area contributed by atoms with Crippen LogP contribution in [0.25, 0.3) is 0 Å². The van der Waals surface area contributed by atoms with E-state index in [9.17, 15) is 55.9 Å². The van der Waals surface area contributed by atoms with E-state index in [-0.39, 0.29) is 39.1 Å². The molecule has 8 rings (SSSR count). The maximum Gasteiger partial charge on any atom is 0.315 e. The van der Waals surface area contributed by atoms with Crippen molar-refractivity contribution in [1.29, 1.82) is 0 Å². The fourth-order valence-electron chi connectivity index (χ4n) is 14.8. The first-order valence-corrected chi connectivity index (χ1v) is 24.2. The number of allylic oxidation sites excluding steroid dienone is 2. The first kappa shape index (κ1) is 50.0. The average Bonchev–Trinajstić information content (AvgIpc) is 3.25. The predicted molar refractivity (Wildman–Crippen MR) is 229 cm³/mol. The van der Waals surface area contributed by atoms with E-state index >= 15 is 0 Å². The Morgan fingerprint density at radius 2 is 1.31 bits per heavy atom. The molecule has 5 aliphatic carbocycles. The zero-order chi connectivity index (χ0) is 47.6. The number of fused-ring (bicyclic) bond motifs is 7. The van der Waals surface area contributed by atoms with Crippen molar-refractivity contribution in [3.8, 4) is 0 Å². The van der Waals surface area contributed by atoms with Crippen molar-refractivity contribution in [2.45, 2.75) is 218 Å². The minimum atomic E-state index is -1.84. The molecule has 0 bridgehead atoms. The molecule has 17 heteroatoms. The topological polar surface area (TPSA) is 275 Å². The number of ether oxygens (including phenoxy) is 6. The van der Waals surface area contributed by atoms with Gasteiger partial charge in [0.1, 0.15) is 67.1 Å². The van der Waals surface area contributed by atoms with Gasteiger partial charge >= 0.3 is 5.97 Å². The van der Waals surface area contributed by atoms with Gasteiger partial charge in [-0.05, 0) is 116 Å². The van der Waals surface area contributed by atoms with Gasteiger partial charge < -0.3 is 79.5 Å². The van der Waals surface area contributed by atoms with Gasteiger partial charge in [0, 0.05) is 0 Å². The monoisotopic (exact) mass is 927 g/mol. The minimum absolute atomic E-state index is 0.0373. The lowest BCUT2D eigenvalue weighted by Crippen LogP contribution is -2.65. The summed E-state index contributed by atoms with van der Waals surface area (Å²) in [7, 11) is 0. The fraction of sp³-hybridized carbons (Fsp3) is 0.938. The van der Waals surface area contributed by atoms with Crippen LogP contribution in [-0.2, 0) is 33.2 Å². The zero-order valence-electron chi connectivity index (χ0n) is 39.4. The van der Waals surface area contributed by atoms with E-state index in [0.29, 0.717) is 24.7 Å². The normalized spacial score (nSPS) is 53.9. The van der Waals surface area contributed by atoms with Crippen molar-refractivity contribution in [2.75, 3.05) is 13.2 Å². The molecule has 0 radical (unpaired) electrons. The van der Waals surface area contributed by atoms with Gasteiger partial charge in [0.15, 0.2) is 12.6 Å². The molecule has 7 fully saturated rings. The summed E-state index contributed by atoms with van der Waals surface area (Å²) in [4.78, 5) is 14.9. The molecule has 23 atom stereocenters. The quantitative estimate of drug-likeness (QED) is 0.121. The smallest absolute Gasteiger partial charge is 0.315 e. The Morgan fingerprint density at radius 1 is 0.677 bits per heavy atom. The second kappa shape index (κ2) is 17.5. The largest absolute Gasteiger partial charge is 0.432 e. The number of rotatable bonds is 8. The summed E-state index contributed by atoms with van der Waals surface area (Å²) in [6.07, 6.45) is -13.7. The average molecular weight is 927 g/mol. The van der Waals surface area contributed by atoms with Gasteiger partial charge in [0.25, 0.3) is 0 Å². The number of carbonyl (C=O) groups excluding carboxylic acids is 1. The third kappa shape index (κ3) is 7.90. The second-order valence-electron chi connectivity index (χ2n) is 23.5. The van der Waals surface area contributed by atoms with E-state index in [0.717, 1.165) is 51.4 Å². The number of esters is 1. The Hall–Kier alpha value is -1.39. The van der Waals surface area contributed by atoms with Gasteiger partial charge in [-0.25, -0.2) is 0 Å². The van der Waals surface area contributed by atoms with Crippen molar-refractivity contribution in [3.63, 3.8) is 0 Å². The molecule has 0 amide bonds. The van der Waals surface area contributed by atoms with E-state index in [1.165, 1.54) is 12.5 Å². The molecule has 0 spiro atoms. The summed E-state index contributed by atoms with van der Waals surface area (Å²) in [6, 6.07) is 0. The van der Waals surface area contributed by atoms with Crippen LogP contribution < -0.4 is 0 Å². The molecule has 4 saturated carbocycles. The SMILES string of the molecule is C[C@@H]1O[C@@H](O[C@H]2[C@H](O)[C@@H](O)[C@H](OC[C@H]3O[C@@H](OC(=O)[C@]45CCC(C)(C)C[C@@H]4C4=CC[C@@H]6[C@]7(C)CC[C@@H](O)C(C)(C)[C@H]7CC[C@@]6(C)[C@]4(C)CC5)[C@H](O)[C@@H](O)[C@@H]3O)O[C@@H]2CO)[C@H](O)[C@H](O)[C@H]1O. The van der Waals surface area contributed by atoms with Crippen LogP contribution in [0.5, 0.6) is 0 Å². The van der Waals surface area contributed by atoms with Crippen LogP contribution in [0.4, 0.5) is 0 Å². The molecule has 0 aromatic carbocycles. The van der Waals surface area contributed by atoms with Gasteiger partial charge in [0.2, 0.25) is 6.29 Å². The van der Waals surface area contributed by atoms with E-state index in [1.807, 2.05) is 0 Å². The summed E-state index contributed by atoms with van der Waals surface area (Å²) in [5.41, 5.74) is -0.0204. The van der Waals surface area contributed by atoms with Gasteiger partial charge in [-0.2, -0.15) is 0 Å². The molecule has 3 aliphatic heterocycles. The molecule has 8 aliphatic rings. The maximum atomic E-state index is 14.9. The summed E-state index contributed by atoms with van der Waals surface area (Å²) < 4.78 is 34.8. The molecular weight excluding hydrogens is 849 g/mol. The van der Waals surface area contributed by atoms with Crippen LogP contribution in [0.3, 0.4) is 0 Å². The highest BCUT2D eigenvalue weighted by molar-refractivity contribution is 5.79. The molecule has 10 N–H and O–H groups in total. The van der Waals surface area contributed by atoms with Crippen LogP contribution in [0, 0.1) is 50.2 Å². The molecule has 17 nitrogen and oxygen atoms in total. The third-order valence-corrected chi connectivity index (χ3v) is 19.3. The standard InChI is InChI=1S/C48H78O17/c1-22-30(51)32(53)35(56)40(61-22)64-38-25(20-49)62-39(37(58)34(38)55)60-21-26-31(52)33(54)36(57)41(63-26)65-42(59)48-17-15-43(2,3)19-24(48)23-9-10-28-45(6)13-12-29(50)44(4,5)27(45)11-14-47(28,8)46(23,7)16-18-48/h9,22,24-41,49-58H,10-21H2,1-8H3/t22-,24+,25+,26+,27+,28+,29+,30-,31+,32+,33-,34+,35+,36+,37+,38+,39+,40-,41-,45+,46+,47+,48-/m0/s1. The number of hydrogen-bond acceptors (Lipinski definition) is 17. The van der Waals surface area contributed by atoms with Crippen LogP contribution in [-0.4, -0.2) is 168 Å². The first-order valence-electron chi connectivity index (χ1n) is 24.2. The fourth-order valence-corrected chi connectivity index (χ4v) is 14.8. The van der Waals surface area contributed by atoms with Crippen LogP contribution in [0.2, 0.25) is 0 Å². The molecule has 372 valence electrons. The summed E-state index contributed by atoms with van der Waals surface area (Å²) in [6.45, 7) is 16.4. The van der Waals surface area contributed by atoms with E-state index in [4.69, 9.17) is 28.4 Å². The van der Waals surface area contributed by atoms with Crippen LogP contribution in [0.15, 0.2) is 11.6 Å². The van der Waals surface area contributed by atoms with E-state index in [1.54, 1.807) is 0 Å². The van der Waals surface area contributed by atoms with Crippen molar-refractivity contribution < 1.29 is 84.3 Å². The molecule has 65 heavy (non-hydrogen) atoms. The number of carbonyl (C=O) groups is 1. The lowest BCUT2D eigenvalue weighted by atomic mass is 9.33. The van der Waals surface area contributed by atoms with Crippen molar-refractivity contribution in [1.82, 2.24) is 0 Å². The van der Waals surface area contributed by atoms with Gasteiger partial charge in [0.05, 0.1) is 30.8 Å². The Bertz CT molecular complexity index is 1780. The molecule has 3 saturated heterocycles. The molecule has 0 aromatic heterocycles. The summed E-state index contributed by atoms with van der Waals surface area (Å²) >= 11 is 0. The van der Waals surface area contributed by atoms with Crippen LogP contribution >= 0.6 is 0 Å². The lowest BCUT2D eigenvalue weighted by molar-refractivity contribution is -0.361. The zero-order valence-corrected chi connectivity index (χ0v) is 39.4. The Balaban J connectivity index is 0.973. The number of aliphatic hydroxyl groups excluding tert-OH is 10. The molecular formula is C48H78O17. The Labute approximate surface area is 382 Å². The van der Waals surface area contributed by atoms with Crippen molar-refractivity contribution >= 4 is 5.97 Å². The van der Waals surface area contributed by atoms with Crippen molar-refractivity contribution in [3.05, 3.63) is 11.6 Å². The Kier molecular flexibility index (Phi) is 13.4. The second-order valence-corrected chi connectivity index (χ2v) is 23.5. The highest BCUT2D eigenvalue weighted by Gasteiger charge is 2.70. The highest BCUT2D eigenvalue weighted by Crippen LogP contribution is 2.76. The maximum absolute atomic E-state index is 14.9. The van der Waals surface area contributed by atoms with Crippen molar-refractivity contribution in [2.24, 2.45) is 50.2 Å². The molecule has 3 heterocycles. The Morgan fingerprint density at radius 3 is 2.00 bits per heavy atom. The van der Waals surface area contributed by atoms with Crippen LogP contribution in [0.1, 0.15) is 120 Å². The van der Waals surface area contributed by atoms with Gasteiger partial charge in [-0.15, -0.1) is 0 Å². The molecule has 0 unspecified atom stereocenters. The third-order valence-electron chi connectivity index (χ3n) is 19.3. The van der Waals surface area contributed by atoms with E-state index < -0.39 is 117 Å². The summed E-state index contributed by atoms with van der Waals surface area (Å²) in [5.74, 6) is 0.139. The highest BCUT2D eigenvalue weighted by atomic mass is 16.8. The minimum Gasteiger partial charge on any atom is -0.432 e. The predicted octanol–water partition coefficient (Wildman–Crippen LogP) is 1.17. The van der Waals surface area contributed by atoms with E-state index in [2.05, 4.69) is 54.5 Å². The first-order chi connectivity index (χ1) is 30.3. The lowest BCUT2D eigenvalue weighted by Gasteiger charge is -2.71. The number of hydrogen-bond donors (Lipinski definition) is 10. The number of aliphatic hydroxyl groups is 10. The molecule has 0 aromatic rings. The van der Waals surface area contributed by atoms with Gasteiger partial charge in [-0.3, -0.25) is 4.79 Å². The summed E-state index contributed by atoms with van der Waals surface area (Å²) in [5, 5.41) is 108. The van der Waals surface area contributed by atoms with Gasteiger partial charge in [-0.1, -0.05) is 60.1 Å².